The zero-order chi connectivity index (χ0) is 24.2. The summed E-state index contributed by atoms with van der Waals surface area (Å²) in [6, 6.07) is 12.6. The molecule has 1 atom stereocenters. The molecule has 178 valence electrons. The van der Waals surface area contributed by atoms with Gasteiger partial charge in [0.15, 0.2) is 0 Å². The van der Waals surface area contributed by atoms with Crippen LogP contribution in [0.1, 0.15) is 30.0 Å². The molecule has 8 nitrogen and oxygen atoms in total. The van der Waals surface area contributed by atoms with Crippen molar-refractivity contribution < 1.29 is 14.0 Å². The van der Waals surface area contributed by atoms with Crippen LogP contribution in [0.4, 0.5) is 10.2 Å². The van der Waals surface area contributed by atoms with Crippen LogP contribution in [0.3, 0.4) is 0 Å². The largest absolute Gasteiger partial charge is 0.383 e. The van der Waals surface area contributed by atoms with Gasteiger partial charge in [-0.1, -0.05) is 38.1 Å². The molecule has 9 heteroatoms. The van der Waals surface area contributed by atoms with Gasteiger partial charge in [-0.05, 0) is 30.2 Å². The van der Waals surface area contributed by atoms with Crippen molar-refractivity contribution in [2.24, 2.45) is 5.92 Å². The van der Waals surface area contributed by atoms with E-state index in [2.05, 4.69) is 20.2 Å². The van der Waals surface area contributed by atoms with Crippen LogP contribution in [-0.2, 0) is 11.3 Å². The smallest absolute Gasteiger partial charge is 0.254 e. The Morgan fingerprint density at radius 3 is 2.41 bits per heavy atom. The molecule has 2 heterocycles. The maximum atomic E-state index is 14.0. The second-order valence-corrected chi connectivity index (χ2v) is 8.82. The Morgan fingerprint density at radius 2 is 1.71 bits per heavy atom. The molecule has 1 aliphatic heterocycles. The summed E-state index contributed by atoms with van der Waals surface area (Å²) in [4.78, 5) is 38.8. The highest BCUT2D eigenvalue weighted by Gasteiger charge is 2.31. The number of carbonyl (C=O) groups excluding carboxylic acids is 2. The van der Waals surface area contributed by atoms with Crippen LogP contribution in [-0.4, -0.2) is 63.8 Å². The van der Waals surface area contributed by atoms with Crippen molar-refractivity contribution in [1.82, 2.24) is 25.1 Å². The van der Waals surface area contributed by atoms with Gasteiger partial charge in [-0.15, -0.1) is 0 Å². The molecule has 0 bridgehead atoms. The lowest BCUT2D eigenvalue weighted by molar-refractivity contribution is -0.136. The summed E-state index contributed by atoms with van der Waals surface area (Å²) in [7, 11) is 0. The third-order valence-corrected chi connectivity index (χ3v) is 6.07. The number of para-hydroxylation sites is 1. The van der Waals surface area contributed by atoms with Crippen LogP contribution in [0.25, 0.3) is 10.9 Å². The molecule has 0 spiro atoms. The fourth-order valence-electron chi connectivity index (χ4n) is 4.12. The first-order valence-corrected chi connectivity index (χ1v) is 11.4. The van der Waals surface area contributed by atoms with E-state index in [0.717, 1.165) is 10.9 Å². The Morgan fingerprint density at radius 1 is 1.03 bits per heavy atom. The van der Waals surface area contributed by atoms with Gasteiger partial charge < -0.3 is 16.0 Å². The van der Waals surface area contributed by atoms with Gasteiger partial charge in [-0.25, -0.2) is 14.4 Å². The molecule has 1 aliphatic rings. The second-order valence-electron chi connectivity index (χ2n) is 8.82. The van der Waals surface area contributed by atoms with Gasteiger partial charge in [-0.3, -0.25) is 14.5 Å². The molecule has 0 aliphatic carbocycles. The number of carbonyl (C=O) groups is 2. The topological polar surface area (TPSA) is 104 Å². The van der Waals surface area contributed by atoms with E-state index in [9.17, 15) is 14.0 Å². The summed E-state index contributed by atoms with van der Waals surface area (Å²) in [5, 5.41) is 3.56. The average molecular weight is 465 g/mol. The highest BCUT2D eigenvalue weighted by atomic mass is 19.1. The molecule has 34 heavy (non-hydrogen) atoms. The van der Waals surface area contributed by atoms with Crippen LogP contribution >= 0.6 is 0 Å². The lowest BCUT2D eigenvalue weighted by Crippen LogP contribution is -2.56. The van der Waals surface area contributed by atoms with Crippen LogP contribution in [0, 0.1) is 11.7 Å². The van der Waals surface area contributed by atoms with Gasteiger partial charge in [0.2, 0.25) is 5.91 Å². The summed E-state index contributed by atoms with van der Waals surface area (Å²) >= 11 is 0. The third kappa shape index (κ3) is 5.14. The minimum Gasteiger partial charge on any atom is -0.383 e. The van der Waals surface area contributed by atoms with Gasteiger partial charge in [-0.2, -0.15) is 0 Å². The van der Waals surface area contributed by atoms with E-state index in [-0.39, 0.29) is 17.4 Å². The fourth-order valence-corrected chi connectivity index (χ4v) is 4.12. The van der Waals surface area contributed by atoms with E-state index in [1.165, 1.54) is 18.2 Å². The predicted molar refractivity (Wildman–Crippen MR) is 128 cm³/mol. The van der Waals surface area contributed by atoms with Gasteiger partial charge in [0.25, 0.3) is 5.91 Å². The summed E-state index contributed by atoms with van der Waals surface area (Å²) in [5.74, 6) is -0.399. The first-order valence-electron chi connectivity index (χ1n) is 11.4. The molecular weight excluding hydrogens is 435 g/mol. The van der Waals surface area contributed by atoms with Gasteiger partial charge in [0.1, 0.15) is 23.5 Å². The quantitative estimate of drug-likeness (QED) is 0.581. The second kappa shape index (κ2) is 10.1. The van der Waals surface area contributed by atoms with Crippen LogP contribution in [0.5, 0.6) is 0 Å². The molecule has 1 fully saturated rings. The van der Waals surface area contributed by atoms with Gasteiger partial charge in [0.05, 0.1) is 17.6 Å². The number of nitrogens with two attached hydrogens (primary N) is 1. The van der Waals surface area contributed by atoms with E-state index in [4.69, 9.17) is 5.73 Å². The molecule has 2 amide bonds. The minimum absolute atomic E-state index is 0.0690. The number of nitrogen functional groups attached to an aromatic ring is 1. The number of anilines is 1. The zero-order valence-electron chi connectivity index (χ0n) is 19.4. The lowest BCUT2D eigenvalue weighted by atomic mass is 10.0. The molecule has 3 aromatic rings. The number of amides is 2. The van der Waals surface area contributed by atoms with E-state index in [1.54, 1.807) is 11.0 Å². The standard InChI is InChI=1S/C25H29FN6O2/c1-16(2)22(30-24(33)17-7-3-5-9-19(17)26)25(34)32-13-11-31(12-14-32)15-21-28-20-10-6-4-8-18(20)23(27)29-21/h3-10,16,22H,11-15H2,1-2H3,(H,30,33)(H2,27,28,29). The van der Waals surface area contributed by atoms with Gasteiger partial charge in [0, 0.05) is 31.6 Å². The van der Waals surface area contributed by atoms with Crippen LogP contribution in [0.2, 0.25) is 0 Å². The maximum absolute atomic E-state index is 14.0. The van der Waals surface area contributed by atoms with E-state index in [0.29, 0.717) is 44.4 Å². The molecule has 1 saturated heterocycles. The molecule has 1 aromatic heterocycles. The fraction of sp³-hybridized carbons (Fsp3) is 0.360. The van der Waals surface area contributed by atoms with E-state index < -0.39 is 17.8 Å². The number of rotatable bonds is 6. The zero-order valence-corrected chi connectivity index (χ0v) is 19.4. The highest BCUT2D eigenvalue weighted by Crippen LogP contribution is 2.18. The first-order chi connectivity index (χ1) is 16.3. The normalized spacial score (nSPS) is 15.5. The Balaban J connectivity index is 1.37. The molecule has 2 aromatic carbocycles. The third-order valence-electron chi connectivity index (χ3n) is 6.07. The Labute approximate surface area is 198 Å². The van der Waals surface area contributed by atoms with Crippen molar-refractivity contribution in [2.45, 2.75) is 26.4 Å². The number of hydrogen-bond donors (Lipinski definition) is 2. The minimum atomic E-state index is -0.734. The lowest BCUT2D eigenvalue weighted by Gasteiger charge is -2.37. The molecule has 1 unspecified atom stereocenters. The number of piperazine rings is 1. The van der Waals surface area contributed by atoms with Crippen molar-refractivity contribution in [3.8, 4) is 0 Å². The summed E-state index contributed by atoms with van der Waals surface area (Å²) in [6.45, 7) is 6.59. The number of nitrogens with zero attached hydrogens (tertiary/aromatic N) is 4. The summed E-state index contributed by atoms with van der Waals surface area (Å²) in [6.07, 6.45) is 0. The summed E-state index contributed by atoms with van der Waals surface area (Å²) < 4.78 is 14.0. The Kier molecular flexibility index (Phi) is 7.02. The predicted octanol–water partition coefficient (Wildman–Crippen LogP) is 2.45. The summed E-state index contributed by atoms with van der Waals surface area (Å²) in [5.41, 5.74) is 6.84. The number of halogens is 1. The monoisotopic (exact) mass is 464 g/mol. The Bertz CT molecular complexity index is 1190. The maximum Gasteiger partial charge on any atom is 0.254 e. The van der Waals surface area contributed by atoms with Crippen molar-refractivity contribution in [2.75, 3.05) is 31.9 Å². The number of nitrogens with one attached hydrogen (secondary N) is 1. The van der Waals surface area contributed by atoms with E-state index in [1.807, 2.05) is 38.1 Å². The van der Waals surface area contributed by atoms with Crippen molar-refractivity contribution in [3.05, 3.63) is 65.7 Å². The average Bonchev–Trinajstić information content (AvgIpc) is 2.82. The molecular formula is C25H29FN6O2. The highest BCUT2D eigenvalue weighted by molar-refractivity contribution is 5.97. The SMILES string of the molecule is CC(C)C(NC(=O)c1ccccc1F)C(=O)N1CCN(Cc2nc(N)c3ccccc3n2)CC1. The van der Waals surface area contributed by atoms with Crippen LogP contribution in [0.15, 0.2) is 48.5 Å². The molecule has 4 rings (SSSR count). The Hall–Kier alpha value is -3.59. The number of aromatic nitrogens is 2. The number of hydrogen-bond acceptors (Lipinski definition) is 6. The first kappa shape index (κ1) is 23.6. The van der Waals surface area contributed by atoms with Gasteiger partial charge >= 0.3 is 0 Å². The molecule has 0 saturated carbocycles. The van der Waals surface area contributed by atoms with Crippen molar-refractivity contribution in [3.63, 3.8) is 0 Å². The van der Waals surface area contributed by atoms with Crippen molar-refractivity contribution >= 4 is 28.5 Å². The molecule has 3 N–H and O–H groups in total. The molecule has 0 radical (unpaired) electrons. The van der Waals surface area contributed by atoms with E-state index >= 15 is 0 Å². The number of fused-ring (bicyclic) bond motifs is 1. The number of benzene rings is 2. The van der Waals surface area contributed by atoms with Crippen molar-refractivity contribution in [1.29, 1.82) is 0 Å². The van der Waals surface area contributed by atoms with Crippen LogP contribution < -0.4 is 11.1 Å².